The average molecular weight is 454 g/mol. The van der Waals surface area contributed by atoms with Gasteiger partial charge in [0, 0.05) is 13.1 Å². The highest BCUT2D eigenvalue weighted by Gasteiger charge is 2.50. The molecule has 1 saturated heterocycles. The van der Waals surface area contributed by atoms with E-state index in [0.717, 1.165) is 19.4 Å². The van der Waals surface area contributed by atoms with E-state index in [1.54, 1.807) is 5.57 Å². The summed E-state index contributed by atoms with van der Waals surface area (Å²) in [7, 11) is 0. The lowest BCUT2D eigenvalue weighted by molar-refractivity contribution is -0.196. The molecule has 4 rings (SSSR count). The van der Waals surface area contributed by atoms with Crippen LogP contribution in [0.4, 0.5) is 8.78 Å². The molecule has 0 aromatic carbocycles. The van der Waals surface area contributed by atoms with Crippen LogP contribution in [-0.4, -0.2) is 59.7 Å². The maximum Gasteiger partial charge on any atom is 0.345 e. The normalized spacial score (nSPS) is 38.7. The first-order valence-electron chi connectivity index (χ1n) is 12.6. The van der Waals surface area contributed by atoms with E-state index in [1.807, 2.05) is 0 Å². The minimum atomic E-state index is -2.66. The SMILES string of the molecule is CC(CCN1CC(OC(F)F)C1)[C@H]1CC[C@H]2/C(=C/C=C3C[C@@H](O)C[C@H](O)C3)CCC[C@]12C. The van der Waals surface area contributed by atoms with Gasteiger partial charge in [0.1, 0.15) is 0 Å². The van der Waals surface area contributed by atoms with Gasteiger partial charge in [0.25, 0.3) is 0 Å². The second-order valence-corrected chi connectivity index (χ2v) is 11.2. The van der Waals surface area contributed by atoms with Crippen LogP contribution in [0.5, 0.6) is 0 Å². The largest absolute Gasteiger partial charge is 0.393 e. The smallest absolute Gasteiger partial charge is 0.345 e. The summed E-state index contributed by atoms with van der Waals surface area (Å²) in [4.78, 5) is 2.24. The van der Waals surface area contributed by atoms with Gasteiger partial charge in [0.15, 0.2) is 0 Å². The van der Waals surface area contributed by atoms with Gasteiger partial charge in [-0.2, -0.15) is 8.78 Å². The fourth-order valence-electron chi connectivity index (χ4n) is 7.27. The monoisotopic (exact) mass is 453 g/mol. The maximum absolute atomic E-state index is 12.3. The molecule has 0 spiro atoms. The molecule has 6 heteroatoms. The second-order valence-electron chi connectivity index (χ2n) is 11.2. The first kappa shape index (κ1) is 24.3. The standard InChI is InChI=1S/C26H41F2NO3/c1-17(9-11-29-15-22(16-29)32-25(27)28)23-7-8-24-19(4-3-10-26(23,24)2)6-5-18-12-20(30)14-21(31)13-18/h5-6,17,20-25,30-31H,3-4,7-16H2,1-2H3/b19-6+/t17?,20-,21-,23-,24+,26-/m1/s1. The lowest BCUT2D eigenvalue weighted by Gasteiger charge is -2.45. The van der Waals surface area contributed by atoms with Crippen molar-refractivity contribution in [3.05, 3.63) is 23.3 Å². The molecule has 0 bridgehead atoms. The molecule has 0 radical (unpaired) electrons. The zero-order valence-electron chi connectivity index (χ0n) is 19.7. The molecular weight excluding hydrogens is 412 g/mol. The molecule has 0 aromatic heterocycles. The Bertz CT molecular complexity index is 693. The lowest BCUT2D eigenvalue weighted by Crippen LogP contribution is -2.53. The van der Waals surface area contributed by atoms with Gasteiger partial charge in [-0.25, -0.2) is 0 Å². The number of rotatable bonds is 7. The van der Waals surface area contributed by atoms with E-state index in [2.05, 4.69) is 35.6 Å². The van der Waals surface area contributed by atoms with Crippen LogP contribution in [0.25, 0.3) is 0 Å². The number of hydrogen-bond acceptors (Lipinski definition) is 4. The number of hydrogen-bond donors (Lipinski definition) is 2. The fraction of sp³-hybridized carbons (Fsp3) is 0.846. The van der Waals surface area contributed by atoms with Crippen LogP contribution in [0.2, 0.25) is 0 Å². The minimum absolute atomic E-state index is 0.301. The zero-order chi connectivity index (χ0) is 22.9. The Kier molecular flexibility index (Phi) is 7.75. The molecule has 4 aliphatic rings. The van der Waals surface area contributed by atoms with Crippen LogP contribution in [0, 0.1) is 23.2 Å². The summed E-state index contributed by atoms with van der Waals surface area (Å²) < 4.78 is 29.2. The van der Waals surface area contributed by atoms with Gasteiger partial charge in [0.2, 0.25) is 0 Å². The molecule has 1 aliphatic heterocycles. The highest BCUT2D eigenvalue weighted by atomic mass is 19.3. The highest BCUT2D eigenvalue weighted by molar-refractivity contribution is 5.26. The van der Waals surface area contributed by atoms with Crippen LogP contribution in [0.3, 0.4) is 0 Å². The Hall–Kier alpha value is -0.820. The number of nitrogens with zero attached hydrogens (tertiary/aromatic N) is 1. The summed E-state index contributed by atoms with van der Waals surface area (Å²) in [5.41, 5.74) is 3.07. The number of aliphatic hydroxyl groups is 2. The van der Waals surface area contributed by atoms with Crippen molar-refractivity contribution in [2.75, 3.05) is 19.6 Å². The van der Waals surface area contributed by atoms with Crippen LogP contribution >= 0.6 is 0 Å². The van der Waals surface area contributed by atoms with E-state index in [4.69, 9.17) is 0 Å². The topological polar surface area (TPSA) is 52.9 Å². The zero-order valence-corrected chi connectivity index (χ0v) is 19.7. The van der Waals surface area contributed by atoms with Gasteiger partial charge in [-0.05, 0) is 87.5 Å². The number of fused-ring (bicyclic) bond motifs is 1. The Balaban J connectivity index is 1.33. The molecule has 6 atom stereocenters. The Morgan fingerprint density at radius 2 is 1.88 bits per heavy atom. The summed E-state index contributed by atoms with van der Waals surface area (Å²) in [5.74, 6) is 1.96. The minimum Gasteiger partial charge on any atom is -0.393 e. The van der Waals surface area contributed by atoms with E-state index in [-0.39, 0.29) is 6.10 Å². The molecule has 2 N–H and O–H groups in total. The molecule has 4 nitrogen and oxygen atoms in total. The third-order valence-electron chi connectivity index (χ3n) is 8.92. The predicted molar refractivity (Wildman–Crippen MR) is 121 cm³/mol. The summed E-state index contributed by atoms with van der Waals surface area (Å²) in [6, 6.07) is 0. The van der Waals surface area contributed by atoms with E-state index in [0.29, 0.717) is 55.5 Å². The average Bonchev–Trinajstić information content (AvgIpc) is 3.04. The lowest BCUT2D eigenvalue weighted by atomic mass is 9.61. The van der Waals surface area contributed by atoms with Gasteiger partial charge < -0.3 is 14.9 Å². The number of ether oxygens (including phenoxy) is 1. The number of aliphatic hydroxyl groups excluding tert-OH is 2. The van der Waals surface area contributed by atoms with Gasteiger partial charge in [-0.15, -0.1) is 0 Å². The summed E-state index contributed by atoms with van der Waals surface area (Å²) in [6.45, 7) is 4.46. The van der Waals surface area contributed by atoms with Crippen LogP contribution < -0.4 is 0 Å². The molecule has 1 heterocycles. The van der Waals surface area contributed by atoms with Crippen LogP contribution in [0.15, 0.2) is 23.3 Å². The molecule has 1 unspecified atom stereocenters. The number of allylic oxidation sites excluding steroid dienone is 3. The van der Waals surface area contributed by atoms with Crippen molar-refractivity contribution in [3.63, 3.8) is 0 Å². The van der Waals surface area contributed by atoms with Crippen molar-refractivity contribution < 1.29 is 23.7 Å². The van der Waals surface area contributed by atoms with E-state index >= 15 is 0 Å². The molecule has 3 aliphatic carbocycles. The van der Waals surface area contributed by atoms with Gasteiger partial charge >= 0.3 is 6.61 Å². The van der Waals surface area contributed by atoms with Gasteiger partial charge in [0.05, 0.1) is 18.3 Å². The highest BCUT2D eigenvalue weighted by Crippen LogP contribution is 2.59. The molecule has 182 valence electrons. The number of halogens is 2. The first-order valence-corrected chi connectivity index (χ1v) is 12.6. The number of alkyl halides is 2. The predicted octanol–water partition coefficient (Wildman–Crippen LogP) is 4.91. The molecule has 0 amide bonds. The molecule has 32 heavy (non-hydrogen) atoms. The Morgan fingerprint density at radius 3 is 2.56 bits per heavy atom. The van der Waals surface area contributed by atoms with Crippen molar-refractivity contribution in [2.45, 2.75) is 96.6 Å². The molecule has 4 fully saturated rings. The molecule has 3 saturated carbocycles. The third-order valence-corrected chi connectivity index (χ3v) is 8.92. The molecular formula is C26H41F2NO3. The van der Waals surface area contributed by atoms with Crippen LogP contribution in [-0.2, 0) is 4.74 Å². The van der Waals surface area contributed by atoms with Crippen molar-refractivity contribution in [1.82, 2.24) is 4.90 Å². The Morgan fingerprint density at radius 1 is 1.16 bits per heavy atom. The van der Waals surface area contributed by atoms with E-state index in [1.165, 1.54) is 31.3 Å². The maximum atomic E-state index is 12.3. The van der Waals surface area contributed by atoms with Crippen molar-refractivity contribution >= 4 is 0 Å². The van der Waals surface area contributed by atoms with E-state index in [9.17, 15) is 19.0 Å². The van der Waals surface area contributed by atoms with Crippen molar-refractivity contribution in [2.24, 2.45) is 23.2 Å². The molecule has 0 aromatic rings. The van der Waals surface area contributed by atoms with E-state index < -0.39 is 18.8 Å². The van der Waals surface area contributed by atoms with Crippen LogP contribution in [0.1, 0.15) is 71.6 Å². The summed E-state index contributed by atoms with van der Waals surface area (Å²) >= 11 is 0. The quantitative estimate of drug-likeness (QED) is 0.575. The first-order chi connectivity index (χ1) is 15.2. The van der Waals surface area contributed by atoms with Crippen molar-refractivity contribution in [1.29, 1.82) is 0 Å². The fourth-order valence-corrected chi connectivity index (χ4v) is 7.27. The van der Waals surface area contributed by atoms with Crippen molar-refractivity contribution in [3.8, 4) is 0 Å². The summed E-state index contributed by atoms with van der Waals surface area (Å²) in [6.07, 6.45) is 12.5. The van der Waals surface area contributed by atoms with Gasteiger partial charge in [-0.1, -0.05) is 37.1 Å². The number of likely N-dealkylation sites (tertiary alicyclic amines) is 1. The second kappa shape index (κ2) is 10.2. The van der Waals surface area contributed by atoms with Gasteiger partial charge in [-0.3, -0.25) is 4.90 Å². The summed E-state index contributed by atoms with van der Waals surface area (Å²) in [5, 5.41) is 19.9. The third kappa shape index (κ3) is 5.45. The Labute approximate surface area is 191 Å².